The largest absolute Gasteiger partial charge is 0.391 e. The molecule has 0 spiro atoms. The highest BCUT2D eigenvalue weighted by Gasteiger charge is 2.37. The Bertz CT molecular complexity index is 435. The molecule has 2 atom stereocenters. The molecule has 2 heterocycles. The molecule has 0 amide bonds. The summed E-state index contributed by atoms with van der Waals surface area (Å²) in [5, 5.41) is 19.5. The number of aliphatic hydroxyl groups is 1. The summed E-state index contributed by atoms with van der Waals surface area (Å²) < 4.78 is 1.83. The molecule has 1 saturated carbocycles. The second-order valence-corrected chi connectivity index (χ2v) is 4.14. The second kappa shape index (κ2) is 4.49. The van der Waals surface area contributed by atoms with E-state index < -0.39 is 0 Å². The van der Waals surface area contributed by atoms with E-state index in [9.17, 15) is 0 Å². The molecule has 0 saturated heterocycles. The Balaban J connectivity index is 0.000000138. The van der Waals surface area contributed by atoms with Crippen molar-refractivity contribution in [2.75, 3.05) is 0 Å². The van der Waals surface area contributed by atoms with E-state index in [1.165, 1.54) is 5.56 Å². The van der Waals surface area contributed by atoms with Crippen LogP contribution in [0.15, 0.2) is 24.8 Å². The first kappa shape index (κ1) is 10.9. The fourth-order valence-electron chi connectivity index (χ4n) is 1.38. The van der Waals surface area contributed by atoms with E-state index in [4.69, 9.17) is 5.11 Å². The zero-order chi connectivity index (χ0) is 11.5. The van der Waals surface area contributed by atoms with Crippen LogP contribution in [0.3, 0.4) is 0 Å². The van der Waals surface area contributed by atoms with Crippen LogP contribution in [0.5, 0.6) is 0 Å². The molecule has 0 aromatic carbocycles. The molecule has 2 N–H and O–H groups in total. The fraction of sp³-hybridized carbons (Fsp3) is 0.455. The molecule has 5 heteroatoms. The van der Waals surface area contributed by atoms with Crippen LogP contribution in [0.4, 0.5) is 0 Å². The number of aromatic amines is 1. The minimum Gasteiger partial charge on any atom is -0.391 e. The second-order valence-electron chi connectivity index (χ2n) is 4.14. The molecule has 16 heavy (non-hydrogen) atoms. The molecule has 1 aliphatic rings. The highest BCUT2D eigenvalue weighted by Crippen LogP contribution is 2.34. The van der Waals surface area contributed by atoms with Crippen molar-refractivity contribution >= 4 is 0 Å². The molecule has 0 bridgehead atoms. The van der Waals surface area contributed by atoms with E-state index in [1.54, 1.807) is 6.20 Å². The third kappa shape index (κ3) is 2.70. The summed E-state index contributed by atoms with van der Waals surface area (Å²) in [6.45, 7) is 3.99. The third-order valence-corrected chi connectivity index (χ3v) is 2.43. The maximum Gasteiger partial charge on any atom is 0.0804 e. The molecule has 2 aromatic heterocycles. The van der Waals surface area contributed by atoms with Crippen molar-refractivity contribution in [3.05, 3.63) is 35.9 Å². The summed E-state index contributed by atoms with van der Waals surface area (Å²) in [7, 11) is 0. The summed E-state index contributed by atoms with van der Waals surface area (Å²) in [5.74, 6) is 0. The molecule has 1 fully saturated rings. The van der Waals surface area contributed by atoms with Gasteiger partial charge in [0.05, 0.1) is 24.5 Å². The first-order valence-corrected chi connectivity index (χ1v) is 5.31. The van der Waals surface area contributed by atoms with Gasteiger partial charge in [-0.15, -0.1) is 0 Å². The predicted molar refractivity (Wildman–Crippen MR) is 59.9 cm³/mol. The van der Waals surface area contributed by atoms with Crippen LogP contribution < -0.4 is 0 Å². The average molecular weight is 220 g/mol. The van der Waals surface area contributed by atoms with Crippen LogP contribution in [-0.4, -0.2) is 31.2 Å². The molecule has 86 valence electrons. The summed E-state index contributed by atoms with van der Waals surface area (Å²) in [6.07, 6.45) is 8.10. The van der Waals surface area contributed by atoms with Crippen LogP contribution in [0.1, 0.15) is 23.6 Å². The number of aryl methyl sites for hydroxylation is 2. The van der Waals surface area contributed by atoms with Crippen molar-refractivity contribution < 1.29 is 5.11 Å². The minimum atomic E-state index is -0.153. The van der Waals surface area contributed by atoms with E-state index in [-0.39, 0.29) is 12.1 Å². The molecular weight excluding hydrogens is 204 g/mol. The number of aliphatic hydroxyl groups excluding tert-OH is 1. The van der Waals surface area contributed by atoms with Gasteiger partial charge in [0.25, 0.3) is 0 Å². The van der Waals surface area contributed by atoms with Crippen molar-refractivity contribution in [1.29, 1.82) is 0 Å². The van der Waals surface area contributed by atoms with E-state index in [2.05, 4.69) is 15.3 Å². The van der Waals surface area contributed by atoms with Crippen molar-refractivity contribution in [2.45, 2.75) is 32.4 Å². The smallest absolute Gasteiger partial charge is 0.0804 e. The van der Waals surface area contributed by atoms with Gasteiger partial charge in [0, 0.05) is 18.8 Å². The van der Waals surface area contributed by atoms with Gasteiger partial charge in [-0.3, -0.25) is 9.78 Å². The lowest BCUT2D eigenvalue weighted by molar-refractivity contribution is 0.256. The Hall–Kier alpha value is -1.62. The van der Waals surface area contributed by atoms with E-state index in [1.807, 2.05) is 37.1 Å². The topological polar surface area (TPSA) is 66.7 Å². The highest BCUT2D eigenvalue weighted by molar-refractivity contribution is 5.04. The fourth-order valence-corrected chi connectivity index (χ4v) is 1.38. The molecule has 2 unspecified atom stereocenters. The van der Waals surface area contributed by atoms with Crippen molar-refractivity contribution in [1.82, 2.24) is 20.0 Å². The maximum absolute atomic E-state index is 9.03. The first-order chi connectivity index (χ1) is 7.66. The van der Waals surface area contributed by atoms with Gasteiger partial charge in [0.15, 0.2) is 0 Å². The molecule has 2 aromatic rings. The molecule has 0 aliphatic heterocycles. The van der Waals surface area contributed by atoms with Gasteiger partial charge in [-0.05, 0) is 25.0 Å². The Labute approximate surface area is 94.1 Å². The van der Waals surface area contributed by atoms with Crippen molar-refractivity contribution in [2.24, 2.45) is 0 Å². The van der Waals surface area contributed by atoms with Crippen LogP contribution in [-0.2, 0) is 0 Å². The lowest BCUT2D eigenvalue weighted by atomic mass is 10.4. The number of rotatable bonds is 1. The Morgan fingerprint density at radius 3 is 2.44 bits per heavy atom. The van der Waals surface area contributed by atoms with Crippen molar-refractivity contribution in [3.63, 3.8) is 0 Å². The van der Waals surface area contributed by atoms with Gasteiger partial charge in [-0.1, -0.05) is 0 Å². The van der Waals surface area contributed by atoms with Gasteiger partial charge >= 0.3 is 0 Å². The van der Waals surface area contributed by atoms with Gasteiger partial charge in [0.2, 0.25) is 0 Å². The van der Waals surface area contributed by atoms with Gasteiger partial charge in [-0.2, -0.15) is 10.2 Å². The normalized spacial score (nSPS) is 22.4. The highest BCUT2D eigenvalue weighted by atomic mass is 16.3. The summed E-state index contributed by atoms with van der Waals surface area (Å²) in [6, 6.07) is 0.258. The van der Waals surface area contributed by atoms with E-state index in [0.29, 0.717) is 0 Å². The number of aromatic nitrogens is 4. The Kier molecular flexibility index (Phi) is 3.05. The third-order valence-electron chi connectivity index (χ3n) is 2.43. The predicted octanol–water partition coefficient (Wildman–Crippen LogP) is 1.22. The summed E-state index contributed by atoms with van der Waals surface area (Å²) in [4.78, 5) is 0. The van der Waals surface area contributed by atoms with Crippen LogP contribution in [0.25, 0.3) is 0 Å². The minimum absolute atomic E-state index is 0.153. The lowest BCUT2D eigenvalue weighted by Crippen LogP contribution is -1.97. The molecular formula is C11H16N4O. The molecule has 0 radical (unpaired) electrons. The number of hydrogen-bond donors (Lipinski definition) is 2. The Morgan fingerprint density at radius 1 is 1.38 bits per heavy atom. The zero-order valence-electron chi connectivity index (χ0n) is 9.46. The van der Waals surface area contributed by atoms with Crippen molar-refractivity contribution in [3.8, 4) is 0 Å². The number of H-pyrrole nitrogens is 1. The SMILES string of the molecule is Cc1cn[nH]c1.Cc1cnn(C2CC2O)c1. The molecule has 3 rings (SSSR count). The lowest BCUT2D eigenvalue weighted by Gasteiger charge is -1.93. The van der Waals surface area contributed by atoms with Crippen LogP contribution in [0, 0.1) is 13.8 Å². The standard InChI is InChI=1S/C7H10N2O.C4H6N2/c1-5-3-8-9(4-5)6-2-7(6)10;1-4-2-5-6-3-4/h3-4,6-7,10H,2H2,1H3;2-3H,1H3,(H,5,6). The van der Waals surface area contributed by atoms with Crippen LogP contribution >= 0.6 is 0 Å². The monoisotopic (exact) mass is 220 g/mol. The van der Waals surface area contributed by atoms with Gasteiger partial charge in [0.1, 0.15) is 0 Å². The molecule has 1 aliphatic carbocycles. The molecule has 5 nitrogen and oxygen atoms in total. The first-order valence-electron chi connectivity index (χ1n) is 5.31. The summed E-state index contributed by atoms with van der Waals surface area (Å²) in [5.41, 5.74) is 2.33. The van der Waals surface area contributed by atoms with E-state index >= 15 is 0 Å². The zero-order valence-corrected chi connectivity index (χ0v) is 9.46. The summed E-state index contributed by atoms with van der Waals surface area (Å²) >= 11 is 0. The quantitative estimate of drug-likeness (QED) is 0.759. The number of hydrogen-bond acceptors (Lipinski definition) is 3. The van der Waals surface area contributed by atoms with Gasteiger partial charge in [-0.25, -0.2) is 0 Å². The Morgan fingerprint density at radius 2 is 2.12 bits per heavy atom. The number of nitrogens with one attached hydrogen (secondary N) is 1. The van der Waals surface area contributed by atoms with Gasteiger partial charge < -0.3 is 5.11 Å². The maximum atomic E-state index is 9.03. The number of nitrogens with zero attached hydrogens (tertiary/aromatic N) is 3. The van der Waals surface area contributed by atoms with Crippen LogP contribution in [0.2, 0.25) is 0 Å². The average Bonchev–Trinajstić information content (AvgIpc) is 2.69. The van der Waals surface area contributed by atoms with E-state index in [0.717, 1.165) is 12.0 Å².